The normalized spacial score (nSPS) is 11.5. The molecule has 294 valence electrons. The fraction of sp³-hybridized carbons (Fsp3) is 0. The molecule has 12 aromatic rings. The number of aromatic nitrogens is 4. The summed E-state index contributed by atoms with van der Waals surface area (Å²) in [6, 6.07) is 82.0. The van der Waals surface area contributed by atoms with Gasteiger partial charge in [-0.05, 0) is 97.9 Å². The summed E-state index contributed by atoms with van der Waals surface area (Å²) in [6.45, 7) is 0. The van der Waals surface area contributed by atoms with Crippen molar-refractivity contribution in [1.82, 2.24) is 19.5 Å². The lowest BCUT2D eigenvalue weighted by Gasteiger charge is -2.15. The summed E-state index contributed by atoms with van der Waals surface area (Å²) in [5.41, 5.74) is 13.1. The summed E-state index contributed by atoms with van der Waals surface area (Å²) in [7, 11) is 0. The SMILES string of the molecule is c1ccc(-c2cccc(-c3cc(-c4ccccc4)c4c(c3)c3ccccc3n4-c3cccc(-c4nc(-c5ccc6ccccc6c5)nc(-c5ccc6ccccc6c5)n4)c3)c2)cc1. The second-order valence-corrected chi connectivity index (χ2v) is 16.1. The Morgan fingerprint density at radius 2 is 0.762 bits per heavy atom. The van der Waals surface area contributed by atoms with E-state index in [1.54, 1.807) is 0 Å². The number of rotatable bonds is 7. The van der Waals surface area contributed by atoms with Crippen molar-refractivity contribution in [3.8, 4) is 73.2 Å². The molecule has 0 amide bonds. The highest BCUT2D eigenvalue weighted by molar-refractivity contribution is 6.15. The minimum Gasteiger partial charge on any atom is -0.309 e. The summed E-state index contributed by atoms with van der Waals surface area (Å²) in [4.78, 5) is 15.6. The van der Waals surface area contributed by atoms with Crippen LogP contribution in [0.4, 0.5) is 0 Å². The quantitative estimate of drug-likeness (QED) is 0.161. The van der Waals surface area contributed by atoms with Gasteiger partial charge < -0.3 is 4.57 Å². The molecule has 0 radical (unpaired) electrons. The van der Waals surface area contributed by atoms with Crippen LogP contribution in [-0.4, -0.2) is 19.5 Å². The molecule has 0 aliphatic carbocycles. The minimum absolute atomic E-state index is 0.614. The Bertz CT molecular complexity index is 3590. The molecule has 0 bridgehead atoms. The van der Waals surface area contributed by atoms with Crippen molar-refractivity contribution in [3.63, 3.8) is 0 Å². The highest BCUT2D eigenvalue weighted by atomic mass is 15.0. The average molecular weight is 803 g/mol. The smallest absolute Gasteiger partial charge is 0.164 e. The predicted molar refractivity (Wildman–Crippen MR) is 262 cm³/mol. The molecule has 0 fully saturated rings. The zero-order valence-electron chi connectivity index (χ0n) is 34.2. The second kappa shape index (κ2) is 15.2. The Labute approximate surface area is 365 Å². The van der Waals surface area contributed by atoms with Crippen LogP contribution in [0.1, 0.15) is 0 Å². The second-order valence-electron chi connectivity index (χ2n) is 16.1. The van der Waals surface area contributed by atoms with E-state index < -0.39 is 0 Å². The maximum atomic E-state index is 5.22. The lowest BCUT2D eigenvalue weighted by molar-refractivity contribution is 1.07. The lowest BCUT2D eigenvalue weighted by atomic mass is 9.93. The van der Waals surface area contributed by atoms with Gasteiger partial charge in [0.1, 0.15) is 0 Å². The van der Waals surface area contributed by atoms with Crippen LogP contribution in [0, 0.1) is 0 Å². The zero-order valence-corrected chi connectivity index (χ0v) is 34.2. The largest absolute Gasteiger partial charge is 0.309 e. The van der Waals surface area contributed by atoms with E-state index in [1.165, 1.54) is 43.8 Å². The van der Waals surface area contributed by atoms with Crippen LogP contribution in [-0.2, 0) is 0 Å². The first kappa shape index (κ1) is 36.4. The van der Waals surface area contributed by atoms with Crippen molar-refractivity contribution in [2.24, 2.45) is 0 Å². The number of hydrogen-bond acceptors (Lipinski definition) is 3. The summed E-state index contributed by atoms with van der Waals surface area (Å²) in [6.07, 6.45) is 0. The molecule has 0 aliphatic heterocycles. The monoisotopic (exact) mass is 802 g/mol. The minimum atomic E-state index is 0.614. The van der Waals surface area contributed by atoms with E-state index in [9.17, 15) is 0 Å². The highest BCUT2D eigenvalue weighted by Crippen LogP contribution is 2.42. The molecule has 4 nitrogen and oxygen atoms in total. The molecule has 4 heteroatoms. The van der Waals surface area contributed by atoms with E-state index in [4.69, 9.17) is 15.0 Å². The van der Waals surface area contributed by atoms with Crippen molar-refractivity contribution < 1.29 is 0 Å². The van der Waals surface area contributed by atoms with Crippen LogP contribution in [0.3, 0.4) is 0 Å². The third-order valence-corrected chi connectivity index (χ3v) is 12.2. The Morgan fingerprint density at radius 3 is 1.41 bits per heavy atom. The van der Waals surface area contributed by atoms with Gasteiger partial charge in [0.2, 0.25) is 0 Å². The molecular formula is C59H38N4. The van der Waals surface area contributed by atoms with Gasteiger partial charge in [-0.2, -0.15) is 0 Å². The van der Waals surface area contributed by atoms with E-state index in [-0.39, 0.29) is 0 Å². The average Bonchev–Trinajstić information content (AvgIpc) is 3.70. The molecule has 0 aliphatic rings. The van der Waals surface area contributed by atoms with Crippen molar-refractivity contribution in [1.29, 1.82) is 0 Å². The molecule has 10 aromatic carbocycles. The van der Waals surface area contributed by atoms with Crippen LogP contribution in [0.2, 0.25) is 0 Å². The first-order valence-electron chi connectivity index (χ1n) is 21.3. The highest BCUT2D eigenvalue weighted by Gasteiger charge is 2.20. The van der Waals surface area contributed by atoms with Crippen LogP contribution in [0.25, 0.3) is 117 Å². The van der Waals surface area contributed by atoms with Gasteiger partial charge in [-0.15, -0.1) is 0 Å². The Kier molecular flexibility index (Phi) is 8.79. The fourth-order valence-electron chi connectivity index (χ4n) is 9.08. The maximum absolute atomic E-state index is 5.22. The first-order valence-corrected chi connectivity index (χ1v) is 21.3. The van der Waals surface area contributed by atoms with Crippen molar-refractivity contribution in [2.75, 3.05) is 0 Å². The molecule has 12 rings (SSSR count). The molecule has 0 saturated carbocycles. The van der Waals surface area contributed by atoms with E-state index in [1.807, 2.05) is 0 Å². The number of benzene rings is 10. The molecule has 0 saturated heterocycles. The first-order chi connectivity index (χ1) is 31.2. The Hall–Kier alpha value is -8.47. The third-order valence-electron chi connectivity index (χ3n) is 12.2. The number of nitrogens with zero attached hydrogens (tertiary/aromatic N) is 4. The van der Waals surface area contributed by atoms with Gasteiger partial charge in [0.05, 0.1) is 11.0 Å². The molecule has 0 unspecified atom stereocenters. The predicted octanol–water partition coefficient (Wildman–Crippen LogP) is 15.3. The van der Waals surface area contributed by atoms with Gasteiger partial charge in [-0.1, -0.05) is 182 Å². The zero-order chi connectivity index (χ0) is 41.7. The molecule has 63 heavy (non-hydrogen) atoms. The van der Waals surface area contributed by atoms with Crippen LogP contribution in [0.5, 0.6) is 0 Å². The molecular weight excluding hydrogens is 765 g/mol. The fourth-order valence-corrected chi connectivity index (χ4v) is 9.08. The topological polar surface area (TPSA) is 43.6 Å². The molecule has 0 spiro atoms. The molecule has 0 N–H and O–H groups in total. The van der Waals surface area contributed by atoms with Crippen molar-refractivity contribution >= 4 is 43.4 Å². The van der Waals surface area contributed by atoms with Gasteiger partial charge in [0.25, 0.3) is 0 Å². The molecule has 2 aromatic heterocycles. The van der Waals surface area contributed by atoms with Gasteiger partial charge in [0, 0.05) is 38.7 Å². The van der Waals surface area contributed by atoms with E-state index >= 15 is 0 Å². The van der Waals surface area contributed by atoms with Gasteiger partial charge in [-0.25, -0.2) is 15.0 Å². The van der Waals surface area contributed by atoms with Gasteiger partial charge in [-0.3, -0.25) is 0 Å². The molecule has 0 atom stereocenters. The summed E-state index contributed by atoms with van der Waals surface area (Å²) < 4.78 is 2.41. The third kappa shape index (κ3) is 6.62. The number of hydrogen-bond donors (Lipinski definition) is 0. The van der Waals surface area contributed by atoms with Crippen LogP contribution in [0.15, 0.2) is 231 Å². The van der Waals surface area contributed by atoms with E-state index in [2.05, 4.69) is 235 Å². The maximum Gasteiger partial charge on any atom is 0.164 e. The lowest BCUT2D eigenvalue weighted by Crippen LogP contribution is -2.01. The van der Waals surface area contributed by atoms with Crippen molar-refractivity contribution in [3.05, 3.63) is 231 Å². The van der Waals surface area contributed by atoms with Crippen LogP contribution >= 0.6 is 0 Å². The Morgan fingerprint density at radius 1 is 0.270 bits per heavy atom. The standard InChI is InChI=1S/C59H38N4/c1-3-15-39(16-4-1)45-23-13-24-46(33-45)50-37-53(42-19-5-2-6-20-42)56-54(38-50)52-27-11-12-28-55(52)63(56)51-26-14-25-47(36-51)57-60-58(48-31-29-40-17-7-9-21-43(40)34-48)62-59(61-57)49-32-30-41-18-8-10-22-44(41)35-49/h1-38H. The van der Waals surface area contributed by atoms with Crippen LogP contribution < -0.4 is 0 Å². The molecule has 2 heterocycles. The van der Waals surface area contributed by atoms with Gasteiger partial charge in [0.15, 0.2) is 17.5 Å². The number of fused-ring (bicyclic) bond motifs is 5. The summed E-state index contributed by atoms with van der Waals surface area (Å²) >= 11 is 0. The van der Waals surface area contributed by atoms with E-state index in [0.717, 1.165) is 55.3 Å². The van der Waals surface area contributed by atoms with Gasteiger partial charge >= 0.3 is 0 Å². The summed E-state index contributed by atoms with van der Waals surface area (Å²) in [5.74, 6) is 1.88. The van der Waals surface area contributed by atoms with E-state index in [0.29, 0.717) is 17.5 Å². The number of para-hydroxylation sites is 1. The summed E-state index contributed by atoms with van der Waals surface area (Å²) in [5, 5.41) is 7.00. The Balaban J connectivity index is 1.06. The van der Waals surface area contributed by atoms with Crippen molar-refractivity contribution in [2.45, 2.75) is 0 Å².